The highest BCUT2D eigenvalue weighted by Gasteiger charge is 2.26. The maximum absolute atomic E-state index is 12.9. The van der Waals surface area contributed by atoms with Gasteiger partial charge in [-0.05, 0) is 29.8 Å². The van der Waals surface area contributed by atoms with Gasteiger partial charge in [0.05, 0.1) is 12.1 Å². The van der Waals surface area contributed by atoms with Gasteiger partial charge in [-0.3, -0.25) is 19.7 Å². The molecule has 1 fully saturated rings. The normalized spacial score (nSPS) is 14.2. The van der Waals surface area contributed by atoms with Crippen LogP contribution < -0.4 is 0 Å². The van der Waals surface area contributed by atoms with E-state index in [2.05, 4.69) is 20.2 Å². The molecule has 2 N–H and O–H groups in total. The number of para-hydroxylation sites is 1. The van der Waals surface area contributed by atoms with Crippen molar-refractivity contribution in [2.45, 2.75) is 6.42 Å². The number of benzene rings is 1. The molecule has 0 atom stereocenters. The first kappa shape index (κ1) is 19.0. The van der Waals surface area contributed by atoms with Gasteiger partial charge in [-0.15, -0.1) is 0 Å². The van der Waals surface area contributed by atoms with E-state index in [4.69, 9.17) is 0 Å². The summed E-state index contributed by atoms with van der Waals surface area (Å²) >= 11 is 0. The Morgan fingerprint density at radius 3 is 2.52 bits per heavy atom. The zero-order chi connectivity index (χ0) is 21.2. The van der Waals surface area contributed by atoms with Crippen LogP contribution in [0.25, 0.3) is 22.2 Å². The van der Waals surface area contributed by atoms with Crippen molar-refractivity contribution in [3.63, 3.8) is 0 Å². The van der Waals surface area contributed by atoms with E-state index in [1.54, 1.807) is 23.4 Å². The molecular weight excluding hydrogens is 392 g/mol. The first-order valence-electron chi connectivity index (χ1n) is 10.3. The molecule has 8 heteroatoms. The third-order valence-corrected chi connectivity index (χ3v) is 5.72. The van der Waals surface area contributed by atoms with Crippen LogP contribution in [-0.4, -0.2) is 68.0 Å². The third-order valence-electron chi connectivity index (χ3n) is 5.72. The molecule has 0 spiro atoms. The molecule has 0 saturated carbocycles. The van der Waals surface area contributed by atoms with Crippen molar-refractivity contribution < 1.29 is 9.59 Å². The summed E-state index contributed by atoms with van der Waals surface area (Å²) in [5.74, 6) is -0.0186. The molecule has 3 aromatic heterocycles. The van der Waals surface area contributed by atoms with Gasteiger partial charge in [0.1, 0.15) is 5.69 Å². The number of fused-ring (bicyclic) bond motifs is 1. The van der Waals surface area contributed by atoms with Gasteiger partial charge < -0.3 is 14.8 Å². The molecule has 8 nitrogen and oxygen atoms in total. The maximum Gasteiger partial charge on any atom is 0.272 e. The molecule has 1 aliphatic rings. The lowest BCUT2D eigenvalue weighted by molar-refractivity contribution is -0.131. The van der Waals surface area contributed by atoms with Crippen LogP contribution in [0.4, 0.5) is 0 Å². The lowest BCUT2D eigenvalue weighted by atomic mass is 10.1. The van der Waals surface area contributed by atoms with Crippen LogP contribution in [-0.2, 0) is 11.2 Å². The van der Waals surface area contributed by atoms with Gasteiger partial charge in [-0.2, -0.15) is 5.10 Å². The van der Waals surface area contributed by atoms with Crippen LogP contribution in [0.3, 0.4) is 0 Å². The quantitative estimate of drug-likeness (QED) is 0.536. The van der Waals surface area contributed by atoms with Gasteiger partial charge in [0.2, 0.25) is 5.91 Å². The summed E-state index contributed by atoms with van der Waals surface area (Å²) in [6, 6.07) is 13.4. The number of hydrogen-bond donors (Lipinski definition) is 2. The van der Waals surface area contributed by atoms with Crippen molar-refractivity contribution in [2.24, 2.45) is 0 Å². The van der Waals surface area contributed by atoms with E-state index < -0.39 is 0 Å². The Kier molecular flexibility index (Phi) is 4.95. The van der Waals surface area contributed by atoms with E-state index in [0.717, 1.165) is 22.0 Å². The molecule has 31 heavy (non-hydrogen) atoms. The summed E-state index contributed by atoms with van der Waals surface area (Å²) in [5.41, 5.74) is 4.09. The van der Waals surface area contributed by atoms with Gasteiger partial charge in [-0.25, -0.2) is 0 Å². The summed E-state index contributed by atoms with van der Waals surface area (Å²) in [6.45, 7) is 2.06. The number of pyridine rings is 1. The van der Waals surface area contributed by atoms with Crippen LogP contribution >= 0.6 is 0 Å². The highest BCUT2D eigenvalue weighted by Crippen LogP contribution is 2.20. The fraction of sp³-hybridized carbons (Fsp3) is 0.217. The molecule has 1 saturated heterocycles. The van der Waals surface area contributed by atoms with Crippen molar-refractivity contribution in [1.82, 2.24) is 30.0 Å². The van der Waals surface area contributed by atoms with Gasteiger partial charge in [0.15, 0.2) is 0 Å². The number of carbonyl (C=O) groups excluding carboxylic acids is 2. The minimum absolute atomic E-state index is 0.0818. The number of nitrogens with zero attached hydrogens (tertiary/aromatic N) is 4. The van der Waals surface area contributed by atoms with E-state index in [9.17, 15) is 9.59 Å². The number of hydrogen-bond acceptors (Lipinski definition) is 4. The highest BCUT2D eigenvalue weighted by molar-refractivity contribution is 5.94. The van der Waals surface area contributed by atoms with Crippen LogP contribution in [0.15, 0.2) is 61.1 Å². The number of aromatic amines is 2. The number of H-pyrrole nitrogens is 2. The molecule has 0 bridgehead atoms. The Labute approximate surface area is 178 Å². The van der Waals surface area contributed by atoms with Crippen LogP contribution in [0.5, 0.6) is 0 Å². The molecular formula is C23H22N6O2. The number of amides is 2. The number of rotatable bonds is 4. The molecule has 0 aliphatic carbocycles. The minimum atomic E-state index is -0.100. The predicted octanol–water partition coefficient (Wildman–Crippen LogP) is 2.48. The third kappa shape index (κ3) is 3.79. The minimum Gasteiger partial charge on any atom is -0.361 e. The van der Waals surface area contributed by atoms with E-state index >= 15 is 0 Å². The summed E-state index contributed by atoms with van der Waals surface area (Å²) < 4.78 is 0. The molecule has 0 unspecified atom stereocenters. The molecule has 4 heterocycles. The van der Waals surface area contributed by atoms with Gasteiger partial charge in [0, 0.05) is 61.2 Å². The number of piperazine rings is 1. The number of carbonyl (C=O) groups is 2. The maximum atomic E-state index is 12.9. The smallest absolute Gasteiger partial charge is 0.272 e. The van der Waals surface area contributed by atoms with Crippen molar-refractivity contribution in [1.29, 1.82) is 0 Å². The van der Waals surface area contributed by atoms with E-state index in [0.29, 0.717) is 44.0 Å². The van der Waals surface area contributed by atoms with Crippen LogP contribution in [0.1, 0.15) is 16.1 Å². The lowest BCUT2D eigenvalue weighted by Gasteiger charge is -2.34. The zero-order valence-electron chi connectivity index (χ0n) is 16.9. The zero-order valence-corrected chi connectivity index (χ0v) is 16.9. The number of nitrogens with one attached hydrogen (secondary N) is 2. The van der Waals surface area contributed by atoms with Gasteiger partial charge >= 0.3 is 0 Å². The second kappa shape index (κ2) is 8.06. The Balaban J connectivity index is 1.20. The second-order valence-electron chi connectivity index (χ2n) is 7.61. The van der Waals surface area contributed by atoms with E-state index in [1.165, 1.54) is 0 Å². The fourth-order valence-corrected chi connectivity index (χ4v) is 3.98. The standard InChI is InChI=1S/C23H22N6O2/c30-22(13-17-15-25-19-4-2-1-3-18(17)19)28-9-11-29(12-10-28)23(31)21-14-20(26-27-21)16-5-7-24-8-6-16/h1-8,14-15,25H,9-13H2,(H,26,27). The van der Waals surface area contributed by atoms with E-state index in [1.807, 2.05) is 47.5 Å². The molecule has 4 aromatic rings. The number of aromatic nitrogens is 4. The topological polar surface area (TPSA) is 98.0 Å². The molecule has 1 aliphatic heterocycles. The average molecular weight is 414 g/mol. The first-order valence-corrected chi connectivity index (χ1v) is 10.3. The summed E-state index contributed by atoms with van der Waals surface area (Å²) in [6.07, 6.45) is 5.64. The molecule has 2 amide bonds. The highest BCUT2D eigenvalue weighted by atomic mass is 16.2. The molecule has 1 aromatic carbocycles. The van der Waals surface area contributed by atoms with Crippen molar-refractivity contribution >= 4 is 22.7 Å². The van der Waals surface area contributed by atoms with E-state index in [-0.39, 0.29) is 11.8 Å². The van der Waals surface area contributed by atoms with Crippen LogP contribution in [0, 0.1) is 0 Å². The summed E-state index contributed by atoms with van der Waals surface area (Å²) in [7, 11) is 0. The summed E-state index contributed by atoms with van der Waals surface area (Å²) in [4.78, 5) is 36.5. The fourth-order valence-electron chi connectivity index (χ4n) is 3.98. The van der Waals surface area contributed by atoms with Crippen molar-refractivity contribution in [3.05, 3.63) is 72.3 Å². The lowest BCUT2D eigenvalue weighted by Crippen LogP contribution is -2.51. The Morgan fingerprint density at radius 1 is 0.968 bits per heavy atom. The molecule has 156 valence electrons. The van der Waals surface area contributed by atoms with Gasteiger partial charge in [0.25, 0.3) is 5.91 Å². The van der Waals surface area contributed by atoms with Crippen molar-refractivity contribution in [2.75, 3.05) is 26.2 Å². The average Bonchev–Trinajstić information content (AvgIpc) is 3.47. The Bertz CT molecular complexity index is 1220. The SMILES string of the molecule is O=C(Cc1c[nH]c2ccccc12)N1CCN(C(=O)c2cc(-c3ccncc3)n[nH]2)CC1. The summed E-state index contributed by atoms with van der Waals surface area (Å²) in [5, 5.41) is 8.16. The first-order chi connectivity index (χ1) is 15.2. The van der Waals surface area contributed by atoms with Gasteiger partial charge in [-0.1, -0.05) is 18.2 Å². The van der Waals surface area contributed by atoms with Crippen LogP contribution in [0.2, 0.25) is 0 Å². The predicted molar refractivity (Wildman–Crippen MR) is 116 cm³/mol. The monoisotopic (exact) mass is 414 g/mol. The Morgan fingerprint density at radius 2 is 1.71 bits per heavy atom. The second-order valence-corrected chi connectivity index (χ2v) is 7.61. The molecule has 5 rings (SSSR count). The largest absolute Gasteiger partial charge is 0.361 e. The Hall–Kier alpha value is -3.94. The molecule has 0 radical (unpaired) electrons. The van der Waals surface area contributed by atoms with Crippen molar-refractivity contribution in [3.8, 4) is 11.3 Å².